The molecule has 0 fully saturated rings. The summed E-state index contributed by atoms with van der Waals surface area (Å²) in [6.45, 7) is 1.10. The average Bonchev–Trinajstić information content (AvgIpc) is 2.98. The summed E-state index contributed by atoms with van der Waals surface area (Å²) in [5.41, 5.74) is 6.82. The zero-order valence-corrected chi connectivity index (χ0v) is 16.1. The topological polar surface area (TPSA) is 49.8 Å². The van der Waals surface area contributed by atoms with Crippen molar-refractivity contribution in [1.29, 1.82) is 0 Å². The van der Waals surface area contributed by atoms with Crippen LogP contribution in [0.5, 0.6) is 0 Å². The third kappa shape index (κ3) is 3.19. The number of amides is 1. The summed E-state index contributed by atoms with van der Waals surface area (Å²) in [6.07, 6.45) is -0.329. The van der Waals surface area contributed by atoms with Gasteiger partial charge in [-0.25, -0.2) is 4.79 Å². The second-order valence-corrected chi connectivity index (χ2v) is 7.71. The smallest absolute Gasteiger partial charge is 0.409 e. The Morgan fingerprint density at radius 1 is 0.897 bits per heavy atom. The molecular weight excluding hydrogens is 362 g/mol. The summed E-state index contributed by atoms with van der Waals surface area (Å²) in [4.78, 5) is 14.4. The number of aliphatic hydroxyl groups is 1. The number of benzene rings is 3. The van der Waals surface area contributed by atoms with Crippen LogP contribution in [0.3, 0.4) is 0 Å². The molecule has 0 spiro atoms. The number of nitrogens with zero attached hydrogens (tertiary/aromatic N) is 1. The van der Waals surface area contributed by atoms with Gasteiger partial charge in [0.1, 0.15) is 6.61 Å². The zero-order valence-electron chi connectivity index (χ0n) is 16.1. The lowest BCUT2D eigenvalue weighted by atomic mass is 9.98. The lowest BCUT2D eigenvalue weighted by Crippen LogP contribution is -2.35. The van der Waals surface area contributed by atoms with E-state index in [-0.39, 0.29) is 18.6 Å². The van der Waals surface area contributed by atoms with Gasteiger partial charge in [0.25, 0.3) is 0 Å². The largest absolute Gasteiger partial charge is 0.448 e. The highest BCUT2D eigenvalue weighted by Gasteiger charge is 2.30. The van der Waals surface area contributed by atoms with Crippen LogP contribution >= 0.6 is 0 Å². The van der Waals surface area contributed by atoms with Gasteiger partial charge in [-0.05, 0) is 39.8 Å². The van der Waals surface area contributed by atoms with Crippen molar-refractivity contribution in [2.75, 3.05) is 19.7 Å². The Morgan fingerprint density at radius 3 is 2.17 bits per heavy atom. The van der Waals surface area contributed by atoms with E-state index in [9.17, 15) is 9.90 Å². The van der Waals surface area contributed by atoms with Crippen LogP contribution in [-0.4, -0.2) is 35.8 Å². The Balaban J connectivity index is 1.32. The van der Waals surface area contributed by atoms with Crippen molar-refractivity contribution in [3.05, 3.63) is 95.1 Å². The van der Waals surface area contributed by atoms with Crippen molar-refractivity contribution >= 4 is 6.09 Å². The predicted molar refractivity (Wildman–Crippen MR) is 112 cm³/mol. The van der Waals surface area contributed by atoms with Crippen molar-refractivity contribution in [3.63, 3.8) is 0 Å². The molecule has 5 rings (SSSR count). The molecule has 4 nitrogen and oxygen atoms in total. The zero-order chi connectivity index (χ0) is 19.8. The van der Waals surface area contributed by atoms with E-state index in [4.69, 9.17) is 4.74 Å². The molecule has 1 amide bonds. The molecule has 3 aromatic rings. The third-order valence-corrected chi connectivity index (χ3v) is 6.05. The summed E-state index contributed by atoms with van der Waals surface area (Å²) >= 11 is 0. The van der Waals surface area contributed by atoms with Gasteiger partial charge in [0.05, 0.1) is 12.6 Å². The maximum absolute atomic E-state index is 12.8. The molecule has 1 aliphatic heterocycles. The highest BCUT2D eigenvalue weighted by atomic mass is 16.6. The van der Waals surface area contributed by atoms with Crippen LogP contribution in [-0.2, 0) is 11.2 Å². The minimum Gasteiger partial charge on any atom is -0.448 e. The molecule has 1 aliphatic carbocycles. The number of carbonyl (C=O) groups is 1. The fourth-order valence-electron chi connectivity index (χ4n) is 4.59. The first-order chi connectivity index (χ1) is 14.2. The molecule has 1 heterocycles. The van der Waals surface area contributed by atoms with Gasteiger partial charge < -0.3 is 14.7 Å². The standard InChI is InChI=1S/C25H23NO3/c27-24-15-26(14-13-17-7-1-2-8-18(17)24)25(28)29-16-23-21-11-5-3-9-19(21)20-10-4-6-12-22(20)23/h1-12,23-24,27H,13-16H2. The summed E-state index contributed by atoms with van der Waals surface area (Å²) in [5.74, 6) is 0.0421. The van der Waals surface area contributed by atoms with Gasteiger partial charge in [0.15, 0.2) is 0 Å². The van der Waals surface area contributed by atoms with Crippen LogP contribution in [0, 0.1) is 0 Å². The lowest BCUT2D eigenvalue weighted by molar-refractivity contribution is 0.0750. The van der Waals surface area contributed by atoms with E-state index in [1.807, 2.05) is 48.5 Å². The second-order valence-electron chi connectivity index (χ2n) is 7.71. The summed E-state index contributed by atoms with van der Waals surface area (Å²) < 4.78 is 5.76. The molecule has 2 aliphatic rings. The first-order valence-electron chi connectivity index (χ1n) is 10.1. The minimum atomic E-state index is -0.686. The number of aliphatic hydroxyl groups excluding tert-OH is 1. The molecular formula is C25H23NO3. The fourth-order valence-corrected chi connectivity index (χ4v) is 4.59. The van der Waals surface area contributed by atoms with E-state index in [1.165, 1.54) is 22.3 Å². The molecule has 0 bridgehead atoms. The summed E-state index contributed by atoms with van der Waals surface area (Å²) in [7, 11) is 0. The Labute approximate surface area is 170 Å². The molecule has 0 aromatic heterocycles. The predicted octanol–water partition coefficient (Wildman–Crippen LogP) is 4.53. The highest BCUT2D eigenvalue weighted by Crippen LogP contribution is 2.44. The Hall–Kier alpha value is -3.11. The number of fused-ring (bicyclic) bond motifs is 4. The van der Waals surface area contributed by atoms with Crippen LogP contribution < -0.4 is 0 Å². The van der Waals surface area contributed by atoms with E-state index in [2.05, 4.69) is 24.3 Å². The maximum Gasteiger partial charge on any atom is 0.409 e. The Morgan fingerprint density at radius 2 is 1.48 bits per heavy atom. The van der Waals surface area contributed by atoms with Crippen LogP contribution in [0.2, 0.25) is 0 Å². The van der Waals surface area contributed by atoms with Crippen molar-refractivity contribution < 1.29 is 14.6 Å². The molecule has 3 aromatic carbocycles. The molecule has 0 radical (unpaired) electrons. The van der Waals surface area contributed by atoms with Gasteiger partial charge in [-0.3, -0.25) is 0 Å². The Bertz CT molecular complexity index is 1020. The molecule has 1 atom stereocenters. The number of ether oxygens (including phenoxy) is 1. The number of rotatable bonds is 2. The van der Waals surface area contributed by atoms with Crippen LogP contribution in [0.15, 0.2) is 72.8 Å². The van der Waals surface area contributed by atoms with Crippen LogP contribution in [0.1, 0.15) is 34.3 Å². The molecule has 29 heavy (non-hydrogen) atoms. The summed E-state index contributed by atoms with van der Waals surface area (Å²) in [6, 6.07) is 24.4. The van der Waals surface area contributed by atoms with E-state index in [0.717, 1.165) is 17.5 Å². The minimum absolute atomic E-state index is 0.0421. The fraction of sp³-hybridized carbons (Fsp3) is 0.240. The van der Waals surface area contributed by atoms with Crippen LogP contribution in [0.4, 0.5) is 4.79 Å². The molecule has 4 heteroatoms. The van der Waals surface area contributed by atoms with E-state index >= 15 is 0 Å². The average molecular weight is 385 g/mol. The molecule has 1 N–H and O–H groups in total. The van der Waals surface area contributed by atoms with Crippen molar-refractivity contribution in [1.82, 2.24) is 4.90 Å². The Kier molecular flexibility index (Phi) is 4.57. The lowest BCUT2D eigenvalue weighted by Gasteiger charge is -2.23. The van der Waals surface area contributed by atoms with Crippen molar-refractivity contribution in [2.24, 2.45) is 0 Å². The molecule has 0 saturated carbocycles. The number of hydrogen-bond donors (Lipinski definition) is 1. The van der Waals surface area contributed by atoms with E-state index in [0.29, 0.717) is 13.2 Å². The molecule has 146 valence electrons. The normalized spacial score (nSPS) is 17.8. The third-order valence-electron chi connectivity index (χ3n) is 6.05. The summed E-state index contributed by atoms with van der Waals surface area (Å²) in [5, 5.41) is 10.6. The van der Waals surface area contributed by atoms with Gasteiger partial charge in [0.2, 0.25) is 0 Å². The quantitative estimate of drug-likeness (QED) is 0.705. The van der Waals surface area contributed by atoms with Gasteiger partial charge in [-0.1, -0.05) is 72.8 Å². The monoisotopic (exact) mass is 385 g/mol. The van der Waals surface area contributed by atoms with Gasteiger partial charge >= 0.3 is 6.09 Å². The van der Waals surface area contributed by atoms with Gasteiger partial charge in [-0.15, -0.1) is 0 Å². The number of carbonyl (C=O) groups excluding carboxylic acids is 1. The molecule has 0 saturated heterocycles. The first kappa shape index (κ1) is 18.0. The highest BCUT2D eigenvalue weighted by molar-refractivity contribution is 5.79. The van der Waals surface area contributed by atoms with Gasteiger partial charge in [-0.2, -0.15) is 0 Å². The van der Waals surface area contributed by atoms with Crippen LogP contribution in [0.25, 0.3) is 11.1 Å². The number of β-amino-alcohol motifs (C(OH)–C–C–N with tert-alkyl or cyclic N) is 1. The van der Waals surface area contributed by atoms with Crippen molar-refractivity contribution in [3.8, 4) is 11.1 Å². The van der Waals surface area contributed by atoms with Gasteiger partial charge in [0, 0.05) is 12.5 Å². The maximum atomic E-state index is 12.8. The second kappa shape index (κ2) is 7.37. The first-order valence-corrected chi connectivity index (χ1v) is 10.1. The SMILES string of the molecule is O=C(OCC1c2ccccc2-c2ccccc21)N1CCc2ccccc2C(O)C1. The van der Waals surface area contributed by atoms with E-state index in [1.54, 1.807) is 4.90 Å². The van der Waals surface area contributed by atoms with E-state index < -0.39 is 6.10 Å². The molecule has 1 unspecified atom stereocenters. The van der Waals surface area contributed by atoms with Crippen molar-refractivity contribution in [2.45, 2.75) is 18.4 Å². The number of hydrogen-bond acceptors (Lipinski definition) is 3.